The zero-order valence-corrected chi connectivity index (χ0v) is 23.8. The molecule has 0 aliphatic heterocycles. The van der Waals surface area contributed by atoms with Gasteiger partial charge in [-0.3, -0.25) is 4.79 Å². The number of carbonyl (C=O) groups is 1. The predicted molar refractivity (Wildman–Crippen MR) is 148 cm³/mol. The van der Waals surface area contributed by atoms with Crippen LogP contribution >= 0.6 is 0 Å². The van der Waals surface area contributed by atoms with Gasteiger partial charge in [-0.1, -0.05) is 77.0 Å². The van der Waals surface area contributed by atoms with Gasteiger partial charge in [-0.25, -0.2) is 0 Å². The van der Waals surface area contributed by atoms with Gasteiger partial charge in [0.05, 0.1) is 19.1 Å². The van der Waals surface area contributed by atoms with E-state index in [0.29, 0.717) is 31.6 Å². The number of hydrogen-bond acceptors (Lipinski definition) is 5. The van der Waals surface area contributed by atoms with Crippen LogP contribution in [0.5, 0.6) is 0 Å². The lowest BCUT2D eigenvalue weighted by Crippen LogP contribution is -2.39. The Morgan fingerprint density at radius 2 is 1.69 bits per heavy atom. The summed E-state index contributed by atoms with van der Waals surface area (Å²) in [4.78, 5) is 14.7. The molecule has 0 saturated carbocycles. The van der Waals surface area contributed by atoms with Crippen LogP contribution in [0.2, 0.25) is 18.1 Å². The summed E-state index contributed by atoms with van der Waals surface area (Å²) in [5.74, 6) is -0.0233. The van der Waals surface area contributed by atoms with E-state index in [0.717, 1.165) is 56.7 Å². The summed E-state index contributed by atoms with van der Waals surface area (Å²) in [6.07, 6.45) is 18.7. The van der Waals surface area contributed by atoms with Gasteiger partial charge in [0.2, 0.25) is 5.39 Å². The summed E-state index contributed by atoms with van der Waals surface area (Å²) >= 11 is 0. The van der Waals surface area contributed by atoms with Gasteiger partial charge in [-0.15, -0.1) is 0 Å². The van der Waals surface area contributed by atoms with Crippen LogP contribution in [0, 0.1) is 5.39 Å². The standard InChI is InChI=1S/C28H48N2O4Si/c1-6-11-18-22-26(30-29)27(31)24-25(34-35(8-3,9-4)10-5)21-19-16-14-12-13-15-17-20-23-28(32)33-7-2/h13-16,19,21,25H,6-12,17-18,20,22-24H2,1-5H3/p+1/b15-13-,16-14-,21-19+,27-26-. The first-order chi connectivity index (χ1) is 16.9. The lowest BCUT2D eigenvalue weighted by molar-refractivity contribution is -0.143. The molecule has 0 rings (SSSR count). The lowest BCUT2D eigenvalue weighted by Gasteiger charge is -2.32. The molecule has 1 N–H and O–H groups in total. The highest BCUT2D eigenvalue weighted by Crippen LogP contribution is 2.27. The van der Waals surface area contributed by atoms with Crippen LogP contribution in [-0.2, 0) is 14.0 Å². The summed E-state index contributed by atoms with van der Waals surface area (Å²) in [6.45, 7) is 10.9. The number of unbranched alkanes of at least 4 members (excludes halogenated alkanes) is 3. The molecule has 0 aromatic heterocycles. The van der Waals surface area contributed by atoms with Crippen molar-refractivity contribution in [2.75, 3.05) is 6.61 Å². The van der Waals surface area contributed by atoms with Crippen molar-refractivity contribution in [3.63, 3.8) is 0 Å². The smallest absolute Gasteiger partial charge is 0.398 e. The van der Waals surface area contributed by atoms with E-state index in [2.05, 4.69) is 50.9 Å². The summed E-state index contributed by atoms with van der Waals surface area (Å²) < 4.78 is 11.6. The third-order valence-corrected chi connectivity index (χ3v) is 10.9. The highest BCUT2D eigenvalue weighted by atomic mass is 28.4. The maximum atomic E-state index is 11.3. The van der Waals surface area contributed by atoms with Gasteiger partial charge in [-0.05, 0) is 50.7 Å². The van der Waals surface area contributed by atoms with Crippen molar-refractivity contribution >= 4 is 14.3 Å². The second-order valence-corrected chi connectivity index (χ2v) is 13.5. The Kier molecular flexibility index (Phi) is 19.8. The largest absolute Gasteiger partial charge is 0.505 e. The second-order valence-electron chi connectivity index (χ2n) is 8.77. The molecule has 0 aromatic carbocycles. The molecular formula is C28H49N2O4Si+. The molecule has 35 heavy (non-hydrogen) atoms. The Balaban J connectivity index is 5.04. The number of rotatable bonds is 20. The molecule has 0 amide bonds. The average molecular weight is 506 g/mol. The van der Waals surface area contributed by atoms with Gasteiger partial charge in [0.1, 0.15) is 0 Å². The first kappa shape index (κ1) is 32.8. The molecule has 0 bridgehead atoms. The molecule has 198 valence electrons. The molecule has 0 aliphatic rings. The molecule has 7 heteroatoms. The maximum Gasteiger partial charge on any atom is 0.398 e. The number of aliphatic hydroxyl groups excluding tert-OH is 1. The topological polar surface area (TPSA) is 83.9 Å². The zero-order chi connectivity index (χ0) is 26.4. The summed E-state index contributed by atoms with van der Waals surface area (Å²) in [5, 5.41) is 20.1. The van der Waals surface area contributed by atoms with Crippen molar-refractivity contribution in [3.8, 4) is 0 Å². The zero-order valence-electron chi connectivity index (χ0n) is 22.8. The minimum atomic E-state index is -1.88. The fourth-order valence-corrected chi connectivity index (χ4v) is 6.61. The molecule has 0 aromatic rings. The Morgan fingerprint density at radius 3 is 2.29 bits per heavy atom. The van der Waals surface area contributed by atoms with Gasteiger partial charge in [0, 0.05) is 12.8 Å². The molecule has 1 atom stereocenters. The number of diazo groups is 1. The Morgan fingerprint density at radius 1 is 0.971 bits per heavy atom. The van der Waals surface area contributed by atoms with Gasteiger partial charge >= 0.3 is 11.7 Å². The van der Waals surface area contributed by atoms with Crippen LogP contribution < -0.4 is 0 Å². The molecule has 0 aliphatic carbocycles. The average Bonchev–Trinajstić information content (AvgIpc) is 2.86. The van der Waals surface area contributed by atoms with E-state index < -0.39 is 8.32 Å². The number of nitrogens with zero attached hydrogens (tertiary/aromatic N) is 2. The number of carbonyl (C=O) groups excluding carboxylic acids is 1. The third-order valence-electron chi connectivity index (χ3n) is 6.27. The molecule has 0 spiro atoms. The van der Waals surface area contributed by atoms with E-state index in [1.165, 1.54) is 0 Å². The number of esters is 1. The number of hydrogen-bond donors (Lipinski definition) is 1. The molecule has 1 unspecified atom stereocenters. The predicted octanol–water partition coefficient (Wildman–Crippen LogP) is 8.76. The quantitative estimate of drug-likeness (QED) is 0.0340. The molecule has 0 heterocycles. The third kappa shape index (κ3) is 15.4. The molecule has 6 nitrogen and oxygen atoms in total. The first-order valence-electron chi connectivity index (χ1n) is 13.5. The van der Waals surface area contributed by atoms with Crippen molar-refractivity contribution < 1.29 is 19.1 Å². The van der Waals surface area contributed by atoms with E-state index >= 15 is 0 Å². The molecule has 0 radical (unpaired) electrons. The number of ether oxygens (including phenoxy) is 1. The van der Waals surface area contributed by atoms with Crippen molar-refractivity contribution in [2.24, 2.45) is 0 Å². The fourth-order valence-electron chi connectivity index (χ4n) is 3.81. The van der Waals surface area contributed by atoms with Crippen LogP contribution in [0.3, 0.4) is 0 Å². The highest BCUT2D eigenvalue weighted by Gasteiger charge is 2.32. The van der Waals surface area contributed by atoms with Gasteiger partial charge in [0.25, 0.3) is 0 Å². The van der Waals surface area contributed by atoms with Crippen LogP contribution in [0.4, 0.5) is 0 Å². The van der Waals surface area contributed by atoms with Crippen molar-refractivity contribution in [3.05, 3.63) is 52.9 Å². The normalized spacial score (nSPS) is 13.9. The highest BCUT2D eigenvalue weighted by molar-refractivity contribution is 6.73. The van der Waals surface area contributed by atoms with Gasteiger partial charge in [0.15, 0.2) is 19.1 Å². The second kappa shape index (κ2) is 21.1. The lowest BCUT2D eigenvalue weighted by atomic mass is 10.1. The summed E-state index contributed by atoms with van der Waals surface area (Å²) in [7, 11) is -1.88. The van der Waals surface area contributed by atoms with Crippen LogP contribution in [0.1, 0.15) is 92.4 Å². The molecule has 0 fully saturated rings. The Hall–Kier alpha value is -2.17. The minimum absolute atomic E-state index is 0.110. The number of aliphatic hydroxyl groups is 1. The van der Waals surface area contributed by atoms with Crippen molar-refractivity contribution in [2.45, 2.75) is 117 Å². The minimum Gasteiger partial charge on any atom is -0.505 e. The van der Waals surface area contributed by atoms with E-state index in [1.807, 2.05) is 25.2 Å². The van der Waals surface area contributed by atoms with E-state index in [-0.39, 0.29) is 17.8 Å². The van der Waals surface area contributed by atoms with Crippen molar-refractivity contribution in [1.82, 2.24) is 0 Å². The van der Waals surface area contributed by atoms with E-state index in [1.54, 1.807) is 0 Å². The SMILES string of the molecule is CCCCC/C([N+]#N)=C(/O)CC(/C=C/C=C\C/C=C\CCCC(=O)OCC)O[Si](CC)(CC)CC. The Bertz CT molecular complexity index is 725. The van der Waals surface area contributed by atoms with Gasteiger partial charge in [-0.2, -0.15) is 0 Å². The monoisotopic (exact) mass is 505 g/mol. The number of allylic oxidation sites excluding steroid dienone is 6. The van der Waals surface area contributed by atoms with Crippen molar-refractivity contribution in [1.29, 1.82) is 5.39 Å². The molecular weight excluding hydrogens is 456 g/mol. The fraction of sp³-hybridized carbons (Fsp3) is 0.679. The Labute approximate surface area is 214 Å². The van der Waals surface area contributed by atoms with Gasteiger partial charge < -0.3 is 14.3 Å². The summed E-state index contributed by atoms with van der Waals surface area (Å²) in [5.41, 5.74) is 0.362. The van der Waals surface area contributed by atoms with Crippen LogP contribution in [-0.4, -0.2) is 32.1 Å². The first-order valence-corrected chi connectivity index (χ1v) is 16.0. The van der Waals surface area contributed by atoms with Crippen LogP contribution in [0.25, 0.3) is 4.98 Å². The summed E-state index contributed by atoms with van der Waals surface area (Å²) in [6, 6.07) is 3.08. The maximum absolute atomic E-state index is 11.3. The molecule has 0 saturated heterocycles. The van der Waals surface area contributed by atoms with Crippen LogP contribution in [0.15, 0.2) is 47.9 Å². The van der Waals surface area contributed by atoms with E-state index in [9.17, 15) is 15.3 Å². The van der Waals surface area contributed by atoms with E-state index in [4.69, 9.17) is 9.16 Å².